The maximum absolute atomic E-state index is 12.1. The number of nitrogens with one attached hydrogen (secondary N) is 1. The van der Waals surface area contributed by atoms with Crippen molar-refractivity contribution >= 4 is 5.91 Å². The summed E-state index contributed by atoms with van der Waals surface area (Å²) in [6, 6.07) is 6.05. The predicted molar refractivity (Wildman–Crippen MR) is 62.8 cm³/mol. The molecule has 18 heavy (non-hydrogen) atoms. The van der Waals surface area contributed by atoms with Gasteiger partial charge < -0.3 is 10.1 Å². The van der Waals surface area contributed by atoms with E-state index < -0.39 is 6.61 Å². The third-order valence-electron chi connectivity index (χ3n) is 3.01. The van der Waals surface area contributed by atoms with E-state index in [0.717, 1.165) is 25.7 Å². The molecule has 0 bridgehead atoms. The Morgan fingerprint density at radius 2 is 2.06 bits per heavy atom. The first-order chi connectivity index (χ1) is 8.65. The molecule has 2 rings (SSSR count). The topological polar surface area (TPSA) is 38.3 Å². The van der Waals surface area contributed by atoms with Crippen LogP contribution in [0.3, 0.4) is 0 Å². The smallest absolute Gasteiger partial charge is 0.387 e. The normalized spacial score (nSPS) is 15.9. The highest BCUT2D eigenvalue weighted by atomic mass is 19.3. The monoisotopic (exact) mass is 255 g/mol. The third kappa shape index (κ3) is 3.42. The molecule has 1 N–H and O–H groups in total. The van der Waals surface area contributed by atoms with E-state index in [1.807, 2.05) is 0 Å². The van der Waals surface area contributed by atoms with Gasteiger partial charge in [-0.25, -0.2) is 0 Å². The Labute approximate surface area is 104 Å². The molecule has 3 nitrogen and oxygen atoms in total. The fraction of sp³-hybridized carbons (Fsp3) is 0.462. The van der Waals surface area contributed by atoms with Crippen molar-refractivity contribution in [3.8, 4) is 5.75 Å². The minimum Gasteiger partial charge on any atom is -0.435 e. The second-order valence-corrected chi connectivity index (χ2v) is 4.36. The number of amides is 1. The van der Waals surface area contributed by atoms with Crippen molar-refractivity contribution in [2.24, 2.45) is 0 Å². The Bertz CT molecular complexity index is 417. The SMILES string of the molecule is O=C(NC1CCCC1)c1cccc(OC(F)F)c1. The van der Waals surface area contributed by atoms with Gasteiger partial charge in [-0.2, -0.15) is 8.78 Å². The maximum atomic E-state index is 12.1. The molecule has 1 aliphatic rings. The van der Waals surface area contributed by atoms with Crippen LogP contribution in [0.2, 0.25) is 0 Å². The molecule has 1 fully saturated rings. The average molecular weight is 255 g/mol. The van der Waals surface area contributed by atoms with E-state index in [2.05, 4.69) is 10.1 Å². The summed E-state index contributed by atoms with van der Waals surface area (Å²) in [7, 11) is 0. The highest BCUT2D eigenvalue weighted by Crippen LogP contribution is 2.19. The summed E-state index contributed by atoms with van der Waals surface area (Å²) in [5, 5.41) is 2.89. The first-order valence-corrected chi connectivity index (χ1v) is 6.01. The summed E-state index contributed by atoms with van der Waals surface area (Å²) < 4.78 is 28.4. The lowest BCUT2D eigenvalue weighted by molar-refractivity contribution is -0.0498. The highest BCUT2D eigenvalue weighted by molar-refractivity contribution is 5.94. The zero-order valence-electron chi connectivity index (χ0n) is 9.86. The summed E-state index contributed by atoms with van der Waals surface area (Å²) in [4.78, 5) is 11.9. The molecule has 0 saturated heterocycles. The van der Waals surface area contributed by atoms with E-state index in [0.29, 0.717) is 5.56 Å². The number of benzene rings is 1. The van der Waals surface area contributed by atoms with Crippen LogP contribution in [0.5, 0.6) is 5.75 Å². The quantitative estimate of drug-likeness (QED) is 0.898. The van der Waals surface area contributed by atoms with Gasteiger partial charge in [-0.05, 0) is 31.0 Å². The number of carbonyl (C=O) groups is 1. The molecule has 1 saturated carbocycles. The van der Waals surface area contributed by atoms with Crippen molar-refractivity contribution < 1.29 is 18.3 Å². The average Bonchev–Trinajstić information content (AvgIpc) is 2.81. The molecule has 0 aromatic heterocycles. The molecule has 0 atom stereocenters. The number of alkyl halides is 2. The van der Waals surface area contributed by atoms with Crippen molar-refractivity contribution in [1.82, 2.24) is 5.32 Å². The fourth-order valence-electron chi connectivity index (χ4n) is 2.15. The fourth-order valence-corrected chi connectivity index (χ4v) is 2.15. The number of hydrogen-bond acceptors (Lipinski definition) is 2. The van der Waals surface area contributed by atoms with Gasteiger partial charge in [-0.15, -0.1) is 0 Å². The van der Waals surface area contributed by atoms with Crippen molar-refractivity contribution in [2.45, 2.75) is 38.3 Å². The van der Waals surface area contributed by atoms with E-state index in [-0.39, 0.29) is 17.7 Å². The van der Waals surface area contributed by atoms with Crippen LogP contribution in [0.15, 0.2) is 24.3 Å². The molecule has 5 heteroatoms. The predicted octanol–water partition coefficient (Wildman–Crippen LogP) is 2.96. The Morgan fingerprint density at radius 3 is 2.72 bits per heavy atom. The molecule has 98 valence electrons. The largest absolute Gasteiger partial charge is 0.435 e. The second kappa shape index (κ2) is 5.80. The van der Waals surface area contributed by atoms with Gasteiger partial charge in [0.05, 0.1) is 0 Å². The minimum atomic E-state index is -2.88. The van der Waals surface area contributed by atoms with Crippen molar-refractivity contribution in [2.75, 3.05) is 0 Å². The summed E-state index contributed by atoms with van der Waals surface area (Å²) in [6.45, 7) is -2.88. The summed E-state index contributed by atoms with van der Waals surface area (Å²) in [6.07, 6.45) is 4.22. The van der Waals surface area contributed by atoms with Gasteiger partial charge in [0.15, 0.2) is 0 Å². The number of rotatable bonds is 4. The van der Waals surface area contributed by atoms with Crippen molar-refractivity contribution in [3.63, 3.8) is 0 Å². The molecule has 1 amide bonds. The van der Waals surface area contributed by atoms with E-state index in [1.165, 1.54) is 18.2 Å². The summed E-state index contributed by atoms with van der Waals surface area (Å²) in [5.74, 6) is -0.231. The number of carbonyl (C=O) groups excluding carboxylic acids is 1. The second-order valence-electron chi connectivity index (χ2n) is 4.36. The Balaban J connectivity index is 2.00. The number of halogens is 2. The van der Waals surface area contributed by atoms with E-state index in [9.17, 15) is 13.6 Å². The number of ether oxygens (including phenoxy) is 1. The van der Waals surface area contributed by atoms with Crippen LogP contribution < -0.4 is 10.1 Å². The van der Waals surface area contributed by atoms with Gasteiger partial charge in [0.2, 0.25) is 0 Å². The number of hydrogen-bond donors (Lipinski definition) is 1. The van der Waals surface area contributed by atoms with E-state index in [1.54, 1.807) is 6.07 Å². The lowest BCUT2D eigenvalue weighted by Crippen LogP contribution is -2.32. The summed E-state index contributed by atoms with van der Waals surface area (Å²) >= 11 is 0. The lowest BCUT2D eigenvalue weighted by Gasteiger charge is -2.12. The Hall–Kier alpha value is -1.65. The van der Waals surface area contributed by atoms with Crippen LogP contribution in [0.4, 0.5) is 8.78 Å². The van der Waals surface area contributed by atoms with Crippen LogP contribution in [-0.2, 0) is 0 Å². The van der Waals surface area contributed by atoms with Crippen LogP contribution >= 0.6 is 0 Å². The van der Waals surface area contributed by atoms with Crippen LogP contribution in [0.25, 0.3) is 0 Å². The molecular weight excluding hydrogens is 240 g/mol. The zero-order chi connectivity index (χ0) is 13.0. The van der Waals surface area contributed by atoms with Crippen LogP contribution in [0.1, 0.15) is 36.0 Å². The Morgan fingerprint density at radius 1 is 1.33 bits per heavy atom. The van der Waals surface area contributed by atoms with Crippen LogP contribution in [0, 0.1) is 0 Å². The maximum Gasteiger partial charge on any atom is 0.387 e. The molecule has 1 aromatic rings. The molecule has 0 aliphatic heterocycles. The lowest BCUT2D eigenvalue weighted by atomic mass is 10.1. The highest BCUT2D eigenvalue weighted by Gasteiger charge is 2.18. The molecule has 0 radical (unpaired) electrons. The van der Waals surface area contributed by atoms with Gasteiger partial charge in [0, 0.05) is 11.6 Å². The standard InChI is InChI=1S/C13H15F2NO2/c14-13(15)18-11-7-3-4-9(8-11)12(17)16-10-5-1-2-6-10/h3-4,7-8,10,13H,1-2,5-6H2,(H,16,17). The molecule has 0 unspecified atom stereocenters. The van der Waals surface area contributed by atoms with E-state index >= 15 is 0 Å². The van der Waals surface area contributed by atoms with Gasteiger partial charge in [0.25, 0.3) is 5.91 Å². The van der Waals surface area contributed by atoms with Crippen molar-refractivity contribution in [1.29, 1.82) is 0 Å². The molecule has 1 aromatic carbocycles. The molecular formula is C13H15F2NO2. The zero-order valence-corrected chi connectivity index (χ0v) is 9.86. The van der Waals surface area contributed by atoms with E-state index in [4.69, 9.17) is 0 Å². The van der Waals surface area contributed by atoms with Gasteiger partial charge in [-0.3, -0.25) is 4.79 Å². The van der Waals surface area contributed by atoms with Gasteiger partial charge >= 0.3 is 6.61 Å². The molecule has 0 spiro atoms. The molecule has 1 aliphatic carbocycles. The third-order valence-corrected chi connectivity index (χ3v) is 3.01. The Kier molecular flexibility index (Phi) is 4.12. The first-order valence-electron chi connectivity index (χ1n) is 6.01. The van der Waals surface area contributed by atoms with Crippen LogP contribution in [-0.4, -0.2) is 18.6 Å². The van der Waals surface area contributed by atoms with Crippen molar-refractivity contribution in [3.05, 3.63) is 29.8 Å². The summed E-state index contributed by atoms with van der Waals surface area (Å²) in [5.41, 5.74) is 0.347. The van der Waals surface area contributed by atoms with Gasteiger partial charge in [0.1, 0.15) is 5.75 Å². The van der Waals surface area contributed by atoms with Gasteiger partial charge in [-0.1, -0.05) is 18.9 Å². The molecule has 0 heterocycles. The first kappa shape index (κ1) is 12.8. The minimum absolute atomic E-state index is 0.00377.